The number of carbonyl (C=O) groups excluding carboxylic acids is 1. The standard InChI is InChI=1S/C18H18BrNO/c19-17-9-5-4-8-16(17)18(21)13-20-11-10-15(12-20)14-6-2-1-3-7-14/h1-9,15H,10-13H2. The summed E-state index contributed by atoms with van der Waals surface area (Å²) in [5.41, 5.74) is 2.16. The summed E-state index contributed by atoms with van der Waals surface area (Å²) in [6.45, 7) is 2.47. The van der Waals surface area contributed by atoms with Gasteiger partial charge in [-0.15, -0.1) is 0 Å². The van der Waals surface area contributed by atoms with Gasteiger partial charge in [0.05, 0.1) is 6.54 Å². The van der Waals surface area contributed by atoms with Gasteiger partial charge in [-0.3, -0.25) is 9.69 Å². The first-order valence-electron chi connectivity index (χ1n) is 7.29. The highest BCUT2D eigenvalue weighted by atomic mass is 79.9. The van der Waals surface area contributed by atoms with E-state index in [-0.39, 0.29) is 5.78 Å². The molecular weight excluding hydrogens is 326 g/mol. The average molecular weight is 344 g/mol. The van der Waals surface area contributed by atoms with Gasteiger partial charge >= 0.3 is 0 Å². The molecule has 3 rings (SSSR count). The van der Waals surface area contributed by atoms with Gasteiger partial charge in [-0.25, -0.2) is 0 Å². The van der Waals surface area contributed by atoms with E-state index in [1.165, 1.54) is 5.56 Å². The van der Waals surface area contributed by atoms with Gasteiger partial charge in [0.1, 0.15) is 0 Å². The SMILES string of the molecule is O=C(CN1CCC(c2ccccc2)C1)c1ccccc1Br. The Balaban J connectivity index is 1.63. The molecule has 3 heteroatoms. The molecule has 0 bridgehead atoms. The van der Waals surface area contributed by atoms with Gasteiger partial charge in [-0.2, -0.15) is 0 Å². The Labute approximate surface area is 133 Å². The fourth-order valence-corrected chi connectivity index (χ4v) is 3.46. The van der Waals surface area contributed by atoms with E-state index in [1.807, 2.05) is 30.3 Å². The number of nitrogens with zero attached hydrogens (tertiary/aromatic N) is 1. The molecule has 1 aliphatic heterocycles. The second-order valence-corrected chi connectivity index (χ2v) is 6.39. The predicted octanol–water partition coefficient (Wildman–Crippen LogP) is 4.12. The van der Waals surface area contributed by atoms with Gasteiger partial charge in [-0.1, -0.05) is 64.5 Å². The zero-order valence-electron chi connectivity index (χ0n) is 11.8. The van der Waals surface area contributed by atoms with E-state index in [0.717, 1.165) is 29.5 Å². The normalized spacial score (nSPS) is 18.8. The van der Waals surface area contributed by atoms with E-state index in [2.05, 4.69) is 45.1 Å². The Bertz CT molecular complexity index is 626. The van der Waals surface area contributed by atoms with Crippen molar-refractivity contribution < 1.29 is 4.79 Å². The maximum absolute atomic E-state index is 12.4. The molecule has 1 atom stereocenters. The smallest absolute Gasteiger partial charge is 0.177 e. The summed E-state index contributed by atoms with van der Waals surface area (Å²) in [6.07, 6.45) is 1.13. The van der Waals surface area contributed by atoms with Crippen molar-refractivity contribution in [3.05, 3.63) is 70.2 Å². The first-order chi connectivity index (χ1) is 10.2. The molecule has 1 unspecified atom stereocenters. The summed E-state index contributed by atoms with van der Waals surface area (Å²) in [7, 11) is 0. The van der Waals surface area contributed by atoms with Crippen LogP contribution in [0.15, 0.2) is 59.1 Å². The molecule has 1 saturated heterocycles. The number of halogens is 1. The number of ketones is 1. The van der Waals surface area contributed by atoms with Crippen LogP contribution in [0.2, 0.25) is 0 Å². The molecule has 2 aromatic carbocycles. The van der Waals surface area contributed by atoms with Crippen LogP contribution < -0.4 is 0 Å². The highest BCUT2D eigenvalue weighted by Gasteiger charge is 2.25. The molecule has 0 aromatic heterocycles. The van der Waals surface area contributed by atoms with Gasteiger partial charge in [0.25, 0.3) is 0 Å². The zero-order valence-corrected chi connectivity index (χ0v) is 13.4. The minimum absolute atomic E-state index is 0.191. The molecule has 1 heterocycles. The largest absolute Gasteiger partial charge is 0.295 e. The molecule has 1 fully saturated rings. The van der Waals surface area contributed by atoms with E-state index >= 15 is 0 Å². The Morgan fingerprint density at radius 2 is 1.81 bits per heavy atom. The maximum Gasteiger partial charge on any atom is 0.177 e. The third-order valence-electron chi connectivity index (χ3n) is 4.08. The summed E-state index contributed by atoms with van der Waals surface area (Å²) in [5, 5.41) is 0. The van der Waals surface area contributed by atoms with Crippen molar-refractivity contribution in [3.63, 3.8) is 0 Å². The van der Waals surface area contributed by atoms with Crippen molar-refractivity contribution in [1.29, 1.82) is 0 Å². The van der Waals surface area contributed by atoms with Crippen molar-refractivity contribution in [2.45, 2.75) is 12.3 Å². The topological polar surface area (TPSA) is 20.3 Å². The van der Waals surface area contributed by atoms with E-state index in [4.69, 9.17) is 0 Å². The molecule has 0 aliphatic carbocycles. The van der Waals surface area contributed by atoms with Crippen LogP contribution in [0.5, 0.6) is 0 Å². The third-order valence-corrected chi connectivity index (χ3v) is 4.78. The lowest BCUT2D eigenvalue weighted by molar-refractivity contribution is 0.0944. The number of carbonyl (C=O) groups is 1. The molecule has 1 aliphatic rings. The molecule has 0 N–H and O–H groups in total. The molecule has 2 nitrogen and oxygen atoms in total. The van der Waals surface area contributed by atoms with Crippen LogP contribution in [-0.4, -0.2) is 30.3 Å². The number of benzene rings is 2. The van der Waals surface area contributed by atoms with E-state index in [9.17, 15) is 4.79 Å². The first kappa shape index (κ1) is 14.5. The highest BCUT2D eigenvalue weighted by molar-refractivity contribution is 9.10. The molecule has 0 radical (unpaired) electrons. The molecular formula is C18H18BrNO. The van der Waals surface area contributed by atoms with Crippen molar-refractivity contribution >= 4 is 21.7 Å². The summed E-state index contributed by atoms with van der Waals surface area (Å²) < 4.78 is 0.883. The fourth-order valence-electron chi connectivity index (χ4n) is 2.95. The van der Waals surface area contributed by atoms with E-state index < -0.39 is 0 Å². The maximum atomic E-state index is 12.4. The molecule has 0 spiro atoms. The van der Waals surface area contributed by atoms with Crippen LogP contribution in [0, 0.1) is 0 Å². The molecule has 21 heavy (non-hydrogen) atoms. The minimum Gasteiger partial charge on any atom is -0.295 e. The van der Waals surface area contributed by atoms with Gasteiger partial charge < -0.3 is 0 Å². The van der Waals surface area contributed by atoms with Crippen LogP contribution in [0.25, 0.3) is 0 Å². The quantitative estimate of drug-likeness (QED) is 0.778. The minimum atomic E-state index is 0.191. The first-order valence-corrected chi connectivity index (χ1v) is 8.08. The average Bonchev–Trinajstić information content (AvgIpc) is 2.97. The Hall–Kier alpha value is -1.45. The molecule has 108 valence electrons. The van der Waals surface area contributed by atoms with Gasteiger partial charge in [0, 0.05) is 16.6 Å². The lowest BCUT2D eigenvalue weighted by Gasteiger charge is -2.15. The predicted molar refractivity (Wildman–Crippen MR) is 88.7 cm³/mol. The van der Waals surface area contributed by atoms with Crippen LogP contribution in [0.3, 0.4) is 0 Å². The summed E-state index contributed by atoms with van der Waals surface area (Å²) in [4.78, 5) is 14.7. The number of likely N-dealkylation sites (tertiary alicyclic amines) is 1. The zero-order chi connectivity index (χ0) is 14.7. The van der Waals surface area contributed by atoms with Crippen molar-refractivity contribution in [3.8, 4) is 0 Å². The highest BCUT2D eigenvalue weighted by Crippen LogP contribution is 2.27. The molecule has 0 amide bonds. The van der Waals surface area contributed by atoms with Gasteiger partial charge in [0.15, 0.2) is 5.78 Å². The van der Waals surface area contributed by atoms with Gasteiger partial charge in [0.2, 0.25) is 0 Å². The Morgan fingerprint density at radius 3 is 2.57 bits per heavy atom. The lowest BCUT2D eigenvalue weighted by Crippen LogP contribution is -2.27. The summed E-state index contributed by atoms with van der Waals surface area (Å²) in [5.74, 6) is 0.745. The monoisotopic (exact) mass is 343 g/mol. The van der Waals surface area contributed by atoms with E-state index in [0.29, 0.717) is 12.5 Å². The number of hydrogen-bond acceptors (Lipinski definition) is 2. The molecule has 2 aromatic rings. The number of rotatable bonds is 4. The Morgan fingerprint density at radius 1 is 1.10 bits per heavy atom. The van der Waals surface area contributed by atoms with Crippen molar-refractivity contribution in [2.75, 3.05) is 19.6 Å². The van der Waals surface area contributed by atoms with Crippen LogP contribution in [0.4, 0.5) is 0 Å². The fraction of sp³-hybridized carbons (Fsp3) is 0.278. The second-order valence-electron chi connectivity index (χ2n) is 5.53. The third kappa shape index (κ3) is 3.42. The van der Waals surface area contributed by atoms with Gasteiger partial charge in [-0.05, 0) is 30.5 Å². The second kappa shape index (κ2) is 6.54. The summed E-state index contributed by atoms with van der Waals surface area (Å²) >= 11 is 3.46. The van der Waals surface area contributed by atoms with Crippen LogP contribution >= 0.6 is 15.9 Å². The van der Waals surface area contributed by atoms with E-state index in [1.54, 1.807) is 0 Å². The molecule has 0 saturated carbocycles. The lowest BCUT2D eigenvalue weighted by atomic mass is 9.99. The summed E-state index contributed by atoms with van der Waals surface area (Å²) in [6, 6.07) is 18.2. The van der Waals surface area contributed by atoms with Crippen molar-refractivity contribution in [2.24, 2.45) is 0 Å². The van der Waals surface area contributed by atoms with Crippen molar-refractivity contribution in [1.82, 2.24) is 4.90 Å². The number of hydrogen-bond donors (Lipinski definition) is 0. The van der Waals surface area contributed by atoms with Crippen LogP contribution in [0.1, 0.15) is 28.3 Å². The van der Waals surface area contributed by atoms with Crippen LogP contribution in [-0.2, 0) is 0 Å². The Kier molecular flexibility index (Phi) is 4.51. The number of Topliss-reactive ketones (excluding diaryl/α,β-unsaturated/α-hetero) is 1.